The molecule has 2 heterocycles. The van der Waals surface area contributed by atoms with Crippen molar-refractivity contribution in [2.45, 2.75) is 39.3 Å². The number of carbonyl (C=O) groups excluding carboxylic acids is 1. The Kier molecular flexibility index (Phi) is 6.55. The maximum Gasteiger partial charge on any atom is 0.246 e. The first-order chi connectivity index (χ1) is 14.3. The van der Waals surface area contributed by atoms with Crippen LogP contribution in [0, 0.1) is 6.92 Å². The first kappa shape index (κ1) is 21.6. The van der Waals surface area contributed by atoms with Crippen LogP contribution in [0.1, 0.15) is 31.6 Å². The van der Waals surface area contributed by atoms with E-state index in [1.54, 1.807) is 25.1 Å². The molecule has 0 spiro atoms. The Morgan fingerprint density at radius 3 is 2.87 bits per heavy atom. The number of furan rings is 1. The summed E-state index contributed by atoms with van der Waals surface area (Å²) in [6.45, 7) is 7.34. The number of nitrogens with zero attached hydrogens (tertiary/aromatic N) is 3. The maximum absolute atomic E-state index is 12.5. The van der Waals surface area contributed by atoms with Gasteiger partial charge in [-0.15, -0.1) is 0 Å². The molecule has 2 aromatic rings. The highest BCUT2D eigenvalue weighted by Crippen LogP contribution is 2.25. The number of benzene rings is 1. The minimum absolute atomic E-state index is 0.0635. The number of fused-ring (bicyclic) bond motifs is 1. The largest absolute Gasteiger partial charge is 0.459 e. The number of carbonyl (C=O) groups is 1. The smallest absolute Gasteiger partial charge is 0.246 e. The topological polar surface area (TPSA) is 70.2 Å². The molecule has 1 aliphatic heterocycles. The molecule has 0 saturated carbocycles. The van der Waals surface area contributed by atoms with E-state index in [4.69, 9.17) is 4.42 Å². The van der Waals surface area contributed by atoms with Crippen LogP contribution in [0.25, 0.3) is 11.0 Å². The molecule has 1 amide bonds. The van der Waals surface area contributed by atoms with E-state index in [1.165, 1.54) is 0 Å². The third-order valence-corrected chi connectivity index (χ3v) is 5.17. The minimum Gasteiger partial charge on any atom is -0.459 e. The molecule has 30 heavy (non-hydrogen) atoms. The van der Waals surface area contributed by atoms with Gasteiger partial charge >= 0.3 is 0 Å². The van der Waals surface area contributed by atoms with Crippen molar-refractivity contribution >= 4 is 28.9 Å². The molecular weight excluding hydrogens is 376 g/mol. The fourth-order valence-electron chi connectivity index (χ4n) is 3.27. The molecule has 158 valence electrons. The van der Waals surface area contributed by atoms with Crippen molar-refractivity contribution in [1.82, 2.24) is 10.2 Å². The highest BCUT2D eigenvalue weighted by molar-refractivity contribution is 6.15. The standard InChI is InChI=1S/C24H30N4O2/c1-17-19-11-7-8-12-20(19)30-21(17)15-28(5)22(29)13-9-6-10-18-14-27-24(2,3)16-26-23(18)25-4/h7-14H,6,15-16H2,1-5H3,(H,25,26)/b13-9+,18-10-. The molecule has 1 aromatic carbocycles. The molecule has 3 rings (SSSR count). The van der Waals surface area contributed by atoms with Crippen LogP contribution < -0.4 is 5.32 Å². The summed E-state index contributed by atoms with van der Waals surface area (Å²) in [4.78, 5) is 23.1. The van der Waals surface area contributed by atoms with Crippen LogP contribution in [0.3, 0.4) is 0 Å². The van der Waals surface area contributed by atoms with Gasteiger partial charge in [0.1, 0.15) is 17.2 Å². The van der Waals surface area contributed by atoms with E-state index < -0.39 is 0 Å². The van der Waals surface area contributed by atoms with E-state index >= 15 is 0 Å². The van der Waals surface area contributed by atoms with Crippen LogP contribution in [-0.2, 0) is 11.3 Å². The number of allylic oxidation sites excluding steroid dienone is 2. The highest BCUT2D eigenvalue weighted by Gasteiger charge is 2.20. The number of aliphatic imine (C=N–C) groups is 2. The zero-order valence-electron chi connectivity index (χ0n) is 18.4. The molecule has 1 N–H and O–H groups in total. The fourth-order valence-corrected chi connectivity index (χ4v) is 3.27. The first-order valence-corrected chi connectivity index (χ1v) is 10.2. The van der Waals surface area contributed by atoms with Crippen LogP contribution >= 0.6 is 0 Å². The highest BCUT2D eigenvalue weighted by atomic mass is 16.3. The van der Waals surface area contributed by atoms with Gasteiger partial charge in [0.2, 0.25) is 5.91 Å². The van der Waals surface area contributed by atoms with Crippen molar-refractivity contribution in [2.75, 3.05) is 20.6 Å². The molecule has 0 saturated heterocycles. The Bertz CT molecular complexity index is 1040. The second kappa shape index (κ2) is 9.11. The molecule has 0 unspecified atom stereocenters. The summed E-state index contributed by atoms with van der Waals surface area (Å²) in [5, 5.41) is 4.42. The quantitative estimate of drug-likeness (QED) is 0.762. The third-order valence-electron chi connectivity index (χ3n) is 5.17. The van der Waals surface area contributed by atoms with Gasteiger partial charge in [-0.05, 0) is 39.3 Å². The van der Waals surface area contributed by atoms with Crippen LogP contribution in [0.2, 0.25) is 0 Å². The van der Waals surface area contributed by atoms with Crippen LogP contribution in [0.4, 0.5) is 0 Å². The van der Waals surface area contributed by atoms with E-state index in [1.807, 2.05) is 49.6 Å². The summed E-state index contributed by atoms with van der Waals surface area (Å²) in [5.74, 6) is 1.57. The lowest BCUT2D eigenvalue weighted by molar-refractivity contribution is -0.125. The summed E-state index contributed by atoms with van der Waals surface area (Å²) in [5.41, 5.74) is 2.69. The SMILES string of the molecule is CN=C1NCC(C)(C)N=C/C1=C/C/C=C/C(=O)N(C)Cc1oc2ccccc2c1C. The number of hydrogen-bond acceptors (Lipinski definition) is 4. The zero-order chi connectivity index (χ0) is 21.7. The van der Waals surface area contributed by atoms with Crippen molar-refractivity contribution in [3.63, 3.8) is 0 Å². The summed E-state index contributed by atoms with van der Waals surface area (Å²) in [6, 6.07) is 7.92. The van der Waals surface area contributed by atoms with Gasteiger partial charge in [-0.3, -0.25) is 14.8 Å². The first-order valence-electron chi connectivity index (χ1n) is 10.2. The predicted octanol–water partition coefficient (Wildman–Crippen LogP) is 4.05. The van der Waals surface area contributed by atoms with Gasteiger partial charge in [0.25, 0.3) is 0 Å². The van der Waals surface area contributed by atoms with E-state index in [-0.39, 0.29) is 11.4 Å². The molecule has 1 aliphatic rings. The summed E-state index contributed by atoms with van der Waals surface area (Å²) >= 11 is 0. The normalized spacial score (nSPS) is 18.8. The molecule has 0 fully saturated rings. The molecule has 6 heteroatoms. The minimum atomic E-state index is -0.172. The number of amides is 1. The predicted molar refractivity (Wildman–Crippen MR) is 123 cm³/mol. The number of rotatable bonds is 5. The van der Waals surface area contributed by atoms with Gasteiger partial charge in [-0.1, -0.05) is 30.4 Å². The monoisotopic (exact) mass is 406 g/mol. The molecular formula is C24H30N4O2. The number of hydrogen-bond donors (Lipinski definition) is 1. The van der Waals surface area contributed by atoms with E-state index in [0.29, 0.717) is 13.0 Å². The van der Waals surface area contributed by atoms with Gasteiger partial charge in [0, 0.05) is 43.4 Å². The third kappa shape index (κ3) is 5.06. The summed E-state index contributed by atoms with van der Waals surface area (Å²) in [6.07, 6.45) is 7.95. The molecule has 0 radical (unpaired) electrons. The molecule has 0 atom stereocenters. The Balaban J connectivity index is 1.62. The Labute approximate surface area is 178 Å². The Morgan fingerprint density at radius 2 is 2.13 bits per heavy atom. The van der Waals surface area contributed by atoms with E-state index in [0.717, 1.165) is 40.2 Å². The lowest BCUT2D eigenvalue weighted by atomic mass is 10.1. The van der Waals surface area contributed by atoms with Crippen molar-refractivity contribution < 1.29 is 9.21 Å². The number of likely N-dealkylation sites (N-methyl/N-ethyl adjacent to an activating group) is 1. The second-order valence-corrected chi connectivity index (χ2v) is 8.13. The number of nitrogens with one attached hydrogen (secondary N) is 1. The molecule has 6 nitrogen and oxygen atoms in total. The molecule has 0 aliphatic carbocycles. The average Bonchev–Trinajstić information content (AvgIpc) is 2.95. The van der Waals surface area contributed by atoms with Gasteiger partial charge in [-0.2, -0.15) is 0 Å². The second-order valence-electron chi connectivity index (χ2n) is 8.13. The Hall–Kier alpha value is -3.15. The van der Waals surface area contributed by atoms with Gasteiger partial charge in [-0.25, -0.2) is 0 Å². The van der Waals surface area contributed by atoms with Crippen molar-refractivity contribution in [3.05, 3.63) is 59.4 Å². The van der Waals surface area contributed by atoms with Crippen molar-refractivity contribution in [2.24, 2.45) is 9.98 Å². The fraction of sp³-hybridized carbons (Fsp3) is 0.375. The van der Waals surface area contributed by atoms with Gasteiger partial charge in [0.05, 0.1) is 12.1 Å². The van der Waals surface area contributed by atoms with Crippen LogP contribution in [-0.4, -0.2) is 49.0 Å². The Morgan fingerprint density at radius 1 is 1.37 bits per heavy atom. The lowest BCUT2D eigenvalue weighted by Gasteiger charge is -2.17. The maximum atomic E-state index is 12.5. The van der Waals surface area contributed by atoms with Gasteiger partial charge < -0.3 is 14.6 Å². The van der Waals surface area contributed by atoms with Gasteiger partial charge in [0.15, 0.2) is 0 Å². The number of amidine groups is 1. The number of aryl methyl sites for hydroxylation is 1. The number of para-hydroxylation sites is 1. The average molecular weight is 407 g/mol. The van der Waals surface area contributed by atoms with Crippen LogP contribution in [0.5, 0.6) is 0 Å². The summed E-state index contributed by atoms with van der Waals surface area (Å²) < 4.78 is 5.92. The van der Waals surface area contributed by atoms with Crippen LogP contribution in [0.15, 0.2) is 62.5 Å². The molecule has 0 bridgehead atoms. The van der Waals surface area contributed by atoms with E-state index in [2.05, 4.69) is 29.1 Å². The summed E-state index contributed by atoms with van der Waals surface area (Å²) in [7, 11) is 3.54. The van der Waals surface area contributed by atoms with Crippen molar-refractivity contribution in [3.8, 4) is 0 Å². The molecule has 1 aromatic heterocycles. The zero-order valence-corrected chi connectivity index (χ0v) is 18.4. The van der Waals surface area contributed by atoms with Crippen molar-refractivity contribution in [1.29, 1.82) is 0 Å². The van der Waals surface area contributed by atoms with E-state index in [9.17, 15) is 4.79 Å². The lowest BCUT2D eigenvalue weighted by Crippen LogP contribution is -2.35.